The summed E-state index contributed by atoms with van der Waals surface area (Å²) in [6, 6.07) is 0.422. The van der Waals surface area contributed by atoms with E-state index in [0.29, 0.717) is 6.04 Å². The molecule has 1 nitrogen and oxygen atoms in total. The maximum atomic E-state index is 6.13. The molecule has 0 aromatic rings. The predicted molar refractivity (Wildman–Crippen MR) is 58.5 cm³/mol. The quantitative estimate of drug-likeness (QED) is 0.663. The Bertz CT molecular complexity index is 145. The monoisotopic (exact) mass is 181 g/mol. The second kappa shape index (κ2) is 5.43. The van der Waals surface area contributed by atoms with Crippen molar-refractivity contribution in [3.63, 3.8) is 0 Å². The second-order valence-electron chi connectivity index (χ2n) is 4.55. The van der Waals surface area contributed by atoms with Crippen LogP contribution in [0.25, 0.3) is 0 Å². The molecule has 76 valence electrons. The maximum absolute atomic E-state index is 6.13. The van der Waals surface area contributed by atoms with Gasteiger partial charge in [-0.05, 0) is 37.5 Å². The average molecular weight is 181 g/mol. The van der Waals surface area contributed by atoms with Crippen LogP contribution in [0.3, 0.4) is 0 Å². The van der Waals surface area contributed by atoms with E-state index in [0.717, 1.165) is 24.7 Å². The molecule has 13 heavy (non-hydrogen) atoms. The average Bonchev–Trinajstić information content (AvgIpc) is 2.15. The van der Waals surface area contributed by atoms with Gasteiger partial charge in [-0.15, -0.1) is 6.58 Å². The van der Waals surface area contributed by atoms with Gasteiger partial charge >= 0.3 is 0 Å². The minimum atomic E-state index is 0.422. The molecule has 0 heterocycles. The van der Waals surface area contributed by atoms with Crippen LogP contribution in [-0.4, -0.2) is 6.04 Å². The van der Waals surface area contributed by atoms with Gasteiger partial charge in [0.25, 0.3) is 0 Å². The van der Waals surface area contributed by atoms with Crippen LogP contribution >= 0.6 is 0 Å². The van der Waals surface area contributed by atoms with E-state index < -0.39 is 0 Å². The van der Waals surface area contributed by atoms with Crippen molar-refractivity contribution in [2.24, 2.45) is 17.6 Å². The molecule has 1 unspecified atom stereocenters. The zero-order valence-electron chi connectivity index (χ0n) is 8.84. The highest BCUT2D eigenvalue weighted by Gasteiger charge is 2.22. The van der Waals surface area contributed by atoms with Gasteiger partial charge in [0.15, 0.2) is 0 Å². The molecule has 0 bridgehead atoms. The minimum absolute atomic E-state index is 0.422. The van der Waals surface area contributed by atoms with Crippen molar-refractivity contribution in [3.8, 4) is 0 Å². The van der Waals surface area contributed by atoms with Crippen LogP contribution in [0.2, 0.25) is 0 Å². The normalized spacial score (nSPS) is 31.2. The van der Waals surface area contributed by atoms with Gasteiger partial charge in [0, 0.05) is 6.04 Å². The van der Waals surface area contributed by atoms with Crippen LogP contribution in [0, 0.1) is 11.8 Å². The van der Waals surface area contributed by atoms with Crippen LogP contribution in [0.5, 0.6) is 0 Å². The summed E-state index contributed by atoms with van der Waals surface area (Å²) >= 11 is 0. The highest BCUT2D eigenvalue weighted by molar-refractivity contribution is 4.80. The topological polar surface area (TPSA) is 26.0 Å². The fourth-order valence-electron chi connectivity index (χ4n) is 2.26. The van der Waals surface area contributed by atoms with Gasteiger partial charge in [-0.3, -0.25) is 0 Å². The Morgan fingerprint density at radius 1 is 1.38 bits per heavy atom. The van der Waals surface area contributed by atoms with Gasteiger partial charge in [-0.2, -0.15) is 0 Å². The Labute approximate surface area is 82.4 Å². The summed E-state index contributed by atoms with van der Waals surface area (Å²) in [6.07, 6.45) is 9.64. The molecule has 1 atom stereocenters. The summed E-state index contributed by atoms with van der Waals surface area (Å²) in [4.78, 5) is 0. The Morgan fingerprint density at radius 2 is 2.00 bits per heavy atom. The zero-order chi connectivity index (χ0) is 9.68. The molecule has 1 fully saturated rings. The molecular weight excluding hydrogens is 158 g/mol. The summed E-state index contributed by atoms with van der Waals surface area (Å²) in [5.74, 6) is 1.72. The van der Waals surface area contributed by atoms with Crippen molar-refractivity contribution in [2.45, 2.75) is 51.5 Å². The first-order valence-corrected chi connectivity index (χ1v) is 5.60. The summed E-state index contributed by atoms with van der Waals surface area (Å²) in [7, 11) is 0. The maximum Gasteiger partial charge on any atom is 0.00701 e. The number of nitrogens with two attached hydrogens (primary N) is 1. The molecule has 0 aromatic heterocycles. The van der Waals surface area contributed by atoms with Gasteiger partial charge in [0.2, 0.25) is 0 Å². The van der Waals surface area contributed by atoms with Crippen molar-refractivity contribution in [3.05, 3.63) is 12.7 Å². The van der Waals surface area contributed by atoms with Crippen LogP contribution in [0.4, 0.5) is 0 Å². The summed E-state index contributed by atoms with van der Waals surface area (Å²) in [5.41, 5.74) is 6.13. The third-order valence-electron chi connectivity index (χ3n) is 3.37. The first kappa shape index (κ1) is 10.8. The van der Waals surface area contributed by atoms with Crippen molar-refractivity contribution < 1.29 is 0 Å². The van der Waals surface area contributed by atoms with Crippen molar-refractivity contribution in [2.75, 3.05) is 0 Å². The fraction of sp³-hybridized carbons (Fsp3) is 0.833. The first-order valence-electron chi connectivity index (χ1n) is 5.60. The lowest BCUT2D eigenvalue weighted by Gasteiger charge is -2.30. The van der Waals surface area contributed by atoms with E-state index in [1.165, 1.54) is 25.7 Å². The van der Waals surface area contributed by atoms with Crippen LogP contribution in [0.15, 0.2) is 12.7 Å². The lowest BCUT2D eigenvalue weighted by atomic mass is 9.78. The van der Waals surface area contributed by atoms with Gasteiger partial charge in [0.1, 0.15) is 0 Å². The molecule has 0 saturated heterocycles. The number of allylic oxidation sites excluding steroid dienone is 1. The van der Waals surface area contributed by atoms with E-state index >= 15 is 0 Å². The largest absolute Gasteiger partial charge is 0.327 e. The highest BCUT2D eigenvalue weighted by atomic mass is 14.6. The van der Waals surface area contributed by atoms with Crippen LogP contribution in [-0.2, 0) is 0 Å². The molecule has 1 aliphatic rings. The van der Waals surface area contributed by atoms with Crippen molar-refractivity contribution in [1.82, 2.24) is 0 Å². The number of rotatable bonds is 4. The lowest BCUT2D eigenvalue weighted by molar-refractivity contribution is 0.248. The van der Waals surface area contributed by atoms with E-state index in [9.17, 15) is 0 Å². The molecule has 0 amide bonds. The Morgan fingerprint density at radius 3 is 2.54 bits per heavy atom. The molecular formula is C12H23N. The molecule has 2 N–H and O–H groups in total. The molecule has 0 spiro atoms. The van der Waals surface area contributed by atoms with Crippen LogP contribution in [0.1, 0.15) is 45.4 Å². The molecule has 1 rings (SSSR count). The third-order valence-corrected chi connectivity index (χ3v) is 3.37. The van der Waals surface area contributed by atoms with Gasteiger partial charge in [-0.25, -0.2) is 0 Å². The lowest BCUT2D eigenvalue weighted by Crippen LogP contribution is -2.32. The van der Waals surface area contributed by atoms with E-state index in [4.69, 9.17) is 5.73 Å². The second-order valence-corrected chi connectivity index (χ2v) is 4.55. The van der Waals surface area contributed by atoms with Gasteiger partial charge in [0.05, 0.1) is 0 Å². The molecule has 0 aliphatic heterocycles. The summed E-state index contributed by atoms with van der Waals surface area (Å²) in [6.45, 7) is 6.09. The number of hydrogen-bond acceptors (Lipinski definition) is 1. The third kappa shape index (κ3) is 3.51. The Hall–Kier alpha value is -0.300. The SMILES string of the molecule is C=CCCC(N)C1CCC(C)CC1. The smallest absolute Gasteiger partial charge is 0.00701 e. The summed E-state index contributed by atoms with van der Waals surface area (Å²) in [5, 5.41) is 0. The van der Waals surface area contributed by atoms with E-state index in [1.54, 1.807) is 0 Å². The highest BCUT2D eigenvalue weighted by Crippen LogP contribution is 2.30. The molecule has 0 aromatic carbocycles. The number of hydrogen-bond donors (Lipinski definition) is 1. The van der Waals surface area contributed by atoms with Crippen molar-refractivity contribution in [1.29, 1.82) is 0 Å². The van der Waals surface area contributed by atoms with Gasteiger partial charge < -0.3 is 5.73 Å². The molecule has 0 radical (unpaired) electrons. The minimum Gasteiger partial charge on any atom is -0.327 e. The van der Waals surface area contributed by atoms with E-state index in [-0.39, 0.29) is 0 Å². The van der Waals surface area contributed by atoms with Crippen molar-refractivity contribution >= 4 is 0 Å². The molecule has 1 saturated carbocycles. The van der Waals surface area contributed by atoms with E-state index in [2.05, 4.69) is 13.5 Å². The Balaban J connectivity index is 2.22. The molecule has 1 heteroatoms. The standard InChI is InChI=1S/C12H23N/c1-3-4-5-12(13)11-8-6-10(2)7-9-11/h3,10-12H,1,4-9,13H2,2H3. The summed E-state index contributed by atoms with van der Waals surface area (Å²) < 4.78 is 0. The van der Waals surface area contributed by atoms with Crippen LogP contribution < -0.4 is 5.73 Å². The zero-order valence-corrected chi connectivity index (χ0v) is 8.84. The van der Waals surface area contributed by atoms with Gasteiger partial charge in [-0.1, -0.05) is 25.8 Å². The van der Waals surface area contributed by atoms with E-state index in [1.807, 2.05) is 6.08 Å². The first-order chi connectivity index (χ1) is 6.24. The molecule has 1 aliphatic carbocycles. The Kier molecular flexibility index (Phi) is 4.51. The predicted octanol–water partition coefficient (Wildman–Crippen LogP) is 3.11. The fourth-order valence-corrected chi connectivity index (χ4v) is 2.26.